The van der Waals surface area contributed by atoms with Crippen molar-refractivity contribution in [2.45, 2.75) is 96.9 Å². The van der Waals surface area contributed by atoms with Crippen LogP contribution in [0.3, 0.4) is 0 Å². The van der Waals surface area contributed by atoms with Crippen molar-refractivity contribution >= 4 is 16.2 Å². The van der Waals surface area contributed by atoms with Crippen molar-refractivity contribution in [2.24, 2.45) is 0 Å². The maximum absolute atomic E-state index is 11.6. The Morgan fingerprint density at radius 1 is 1.00 bits per heavy atom. The van der Waals surface area contributed by atoms with Gasteiger partial charge in [-0.05, 0) is 18.9 Å². The SMILES string of the molecule is C=CC(=O)NC(CCCCCCCCCCCC)CN(CCC)S(=O)(=O)O. The van der Waals surface area contributed by atoms with Crippen molar-refractivity contribution in [1.82, 2.24) is 9.62 Å². The molecule has 1 unspecified atom stereocenters. The zero-order valence-corrected chi connectivity index (χ0v) is 18.1. The molecule has 0 aliphatic heterocycles. The maximum atomic E-state index is 11.6. The molecule has 0 aromatic carbocycles. The number of amides is 1. The summed E-state index contributed by atoms with van der Waals surface area (Å²) in [6.45, 7) is 7.83. The number of unbranched alkanes of at least 4 members (excludes halogenated alkanes) is 9. The number of hydrogen-bond acceptors (Lipinski definition) is 3. The molecule has 0 rings (SSSR count). The Balaban J connectivity index is 4.23. The van der Waals surface area contributed by atoms with E-state index in [0.29, 0.717) is 12.8 Å². The molecule has 0 spiro atoms. The lowest BCUT2D eigenvalue weighted by Gasteiger charge is -2.25. The molecular weight excluding hydrogens is 364 g/mol. The van der Waals surface area contributed by atoms with Crippen LogP contribution < -0.4 is 5.32 Å². The van der Waals surface area contributed by atoms with Crippen molar-refractivity contribution in [3.05, 3.63) is 12.7 Å². The lowest BCUT2D eigenvalue weighted by molar-refractivity contribution is -0.117. The van der Waals surface area contributed by atoms with Gasteiger partial charge >= 0.3 is 10.3 Å². The van der Waals surface area contributed by atoms with E-state index in [1.54, 1.807) is 0 Å². The van der Waals surface area contributed by atoms with Gasteiger partial charge in [0.2, 0.25) is 5.91 Å². The minimum absolute atomic E-state index is 0.0870. The predicted octanol–water partition coefficient (Wildman–Crippen LogP) is 4.48. The van der Waals surface area contributed by atoms with Crippen molar-refractivity contribution < 1.29 is 17.8 Å². The van der Waals surface area contributed by atoms with E-state index in [0.717, 1.165) is 23.6 Å². The van der Waals surface area contributed by atoms with Crippen molar-refractivity contribution in [2.75, 3.05) is 13.1 Å². The van der Waals surface area contributed by atoms with Gasteiger partial charge in [0.1, 0.15) is 0 Å². The smallest absolute Gasteiger partial charge is 0.335 e. The van der Waals surface area contributed by atoms with Crippen LogP contribution in [0.2, 0.25) is 0 Å². The van der Waals surface area contributed by atoms with Gasteiger partial charge in [-0.15, -0.1) is 0 Å². The quantitative estimate of drug-likeness (QED) is 0.200. The first kappa shape index (κ1) is 26.1. The summed E-state index contributed by atoms with van der Waals surface area (Å²) >= 11 is 0. The van der Waals surface area contributed by atoms with Gasteiger partial charge in [-0.3, -0.25) is 9.35 Å². The molecular formula is C20H40N2O4S. The second-order valence-electron chi connectivity index (χ2n) is 7.22. The fourth-order valence-corrected chi connectivity index (χ4v) is 3.93. The predicted molar refractivity (Wildman–Crippen MR) is 112 cm³/mol. The zero-order valence-electron chi connectivity index (χ0n) is 17.3. The third-order valence-electron chi connectivity index (χ3n) is 4.66. The van der Waals surface area contributed by atoms with Crippen LogP contribution in [-0.4, -0.2) is 42.3 Å². The Hall–Kier alpha value is -0.920. The van der Waals surface area contributed by atoms with E-state index in [1.807, 2.05) is 6.92 Å². The van der Waals surface area contributed by atoms with Gasteiger partial charge in [-0.25, -0.2) is 0 Å². The first-order valence-electron chi connectivity index (χ1n) is 10.5. The molecule has 1 atom stereocenters. The number of carbonyl (C=O) groups excluding carboxylic acids is 1. The standard InChI is InChI=1S/C20H40N2O4S/c1-4-7-8-9-10-11-12-13-14-15-16-19(21-20(23)6-3)18-22(17-5-2)27(24,25)26/h6,19H,3-5,7-18H2,1-2H3,(H,21,23)(H,24,25,26). The van der Waals surface area contributed by atoms with Gasteiger partial charge in [0.25, 0.3) is 0 Å². The number of hydrogen-bond donors (Lipinski definition) is 2. The molecule has 7 heteroatoms. The minimum Gasteiger partial charge on any atom is -0.349 e. The highest BCUT2D eigenvalue weighted by molar-refractivity contribution is 7.83. The monoisotopic (exact) mass is 404 g/mol. The van der Waals surface area contributed by atoms with Gasteiger partial charge in [0.05, 0.1) is 0 Å². The van der Waals surface area contributed by atoms with E-state index < -0.39 is 10.3 Å². The molecule has 0 aromatic rings. The van der Waals surface area contributed by atoms with E-state index in [2.05, 4.69) is 18.8 Å². The zero-order chi connectivity index (χ0) is 20.5. The molecule has 2 N–H and O–H groups in total. The highest BCUT2D eigenvalue weighted by atomic mass is 32.2. The molecule has 0 bridgehead atoms. The summed E-state index contributed by atoms with van der Waals surface area (Å²) in [5, 5.41) is 2.78. The van der Waals surface area contributed by atoms with Crippen molar-refractivity contribution in [1.29, 1.82) is 0 Å². The van der Waals surface area contributed by atoms with Gasteiger partial charge in [-0.2, -0.15) is 12.7 Å². The number of carbonyl (C=O) groups is 1. The second-order valence-corrected chi connectivity index (χ2v) is 8.63. The fourth-order valence-electron chi connectivity index (χ4n) is 3.14. The minimum atomic E-state index is -4.26. The summed E-state index contributed by atoms with van der Waals surface area (Å²) in [7, 11) is -4.26. The summed E-state index contributed by atoms with van der Waals surface area (Å²) < 4.78 is 33.4. The molecule has 27 heavy (non-hydrogen) atoms. The average Bonchev–Trinajstić information content (AvgIpc) is 2.61. The Morgan fingerprint density at radius 2 is 1.52 bits per heavy atom. The third kappa shape index (κ3) is 14.8. The summed E-state index contributed by atoms with van der Waals surface area (Å²) in [6, 6.07) is -0.321. The number of nitrogens with zero attached hydrogens (tertiary/aromatic N) is 1. The molecule has 0 saturated heterocycles. The fraction of sp³-hybridized carbons (Fsp3) is 0.850. The molecule has 0 aromatic heterocycles. The topological polar surface area (TPSA) is 86.7 Å². The lowest BCUT2D eigenvalue weighted by atomic mass is 10.0. The van der Waals surface area contributed by atoms with Crippen LogP contribution in [0.5, 0.6) is 0 Å². The first-order chi connectivity index (χ1) is 12.8. The third-order valence-corrected chi connectivity index (χ3v) is 5.65. The van der Waals surface area contributed by atoms with E-state index in [4.69, 9.17) is 0 Å². The second kappa shape index (κ2) is 16.1. The lowest BCUT2D eigenvalue weighted by Crippen LogP contribution is -2.45. The average molecular weight is 405 g/mol. The van der Waals surface area contributed by atoms with Gasteiger partial charge in [0, 0.05) is 19.1 Å². The Morgan fingerprint density at radius 3 is 1.96 bits per heavy atom. The number of nitrogens with one attached hydrogen (secondary N) is 1. The van der Waals surface area contributed by atoms with Crippen LogP contribution >= 0.6 is 0 Å². The summed E-state index contributed by atoms with van der Waals surface area (Å²) in [6.07, 6.45) is 14.7. The summed E-state index contributed by atoms with van der Waals surface area (Å²) in [5.41, 5.74) is 0. The molecule has 6 nitrogen and oxygen atoms in total. The largest absolute Gasteiger partial charge is 0.349 e. The maximum Gasteiger partial charge on any atom is 0.335 e. The van der Waals surface area contributed by atoms with Crippen LogP contribution in [-0.2, 0) is 15.1 Å². The van der Waals surface area contributed by atoms with E-state index in [1.165, 1.54) is 51.0 Å². The summed E-state index contributed by atoms with van der Waals surface area (Å²) in [5.74, 6) is -0.320. The van der Waals surface area contributed by atoms with Gasteiger partial charge in [0.15, 0.2) is 0 Å². The molecule has 0 aliphatic carbocycles. The molecule has 0 aliphatic rings. The molecule has 160 valence electrons. The van der Waals surface area contributed by atoms with Crippen LogP contribution in [0.4, 0.5) is 0 Å². The Labute approximate surface area is 166 Å². The highest BCUT2D eigenvalue weighted by Crippen LogP contribution is 2.13. The van der Waals surface area contributed by atoms with E-state index >= 15 is 0 Å². The highest BCUT2D eigenvalue weighted by Gasteiger charge is 2.23. The first-order valence-corrected chi connectivity index (χ1v) is 11.9. The summed E-state index contributed by atoms with van der Waals surface area (Å²) in [4.78, 5) is 11.6. The Kier molecular flexibility index (Phi) is 15.5. The number of rotatable bonds is 18. The molecule has 0 saturated carbocycles. The molecule has 1 amide bonds. The van der Waals surface area contributed by atoms with Crippen LogP contribution in [0.1, 0.15) is 90.9 Å². The van der Waals surface area contributed by atoms with Gasteiger partial charge < -0.3 is 5.32 Å². The normalized spacial score (nSPS) is 12.9. The van der Waals surface area contributed by atoms with E-state index in [9.17, 15) is 17.8 Å². The van der Waals surface area contributed by atoms with Crippen LogP contribution in [0.15, 0.2) is 12.7 Å². The Bertz CT molecular complexity index is 494. The van der Waals surface area contributed by atoms with Crippen molar-refractivity contribution in [3.63, 3.8) is 0 Å². The van der Waals surface area contributed by atoms with Crippen LogP contribution in [0.25, 0.3) is 0 Å². The molecule has 0 heterocycles. The van der Waals surface area contributed by atoms with Crippen molar-refractivity contribution in [3.8, 4) is 0 Å². The van der Waals surface area contributed by atoms with Crippen LogP contribution in [0, 0.1) is 0 Å². The van der Waals surface area contributed by atoms with Gasteiger partial charge in [-0.1, -0.05) is 84.6 Å². The van der Waals surface area contributed by atoms with E-state index in [-0.39, 0.29) is 25.0 Å². The molecule has 0 radical (unpaired) electrons. The molecule has 0 fully saturated rings.